The lowest BCUT2D eigenvalue weighted by atomic mass is 10.1. The van der Waals surface area contributed by atoms with E-state index in [2.05, 4.69) is 33.9 Å². The fourth-order valence-corrected chi connectivity index (χ4v) is 2.44. The van der Waals surface area contributed by atoms with E-state index in [1.807, 2.05) is 24.4 Å². The molecular weight excluding hydrogens is 254 g/mol. The fourth-order valence-electron chi connectivity index (χ4n) is 2.26. The van der Waals surface area contributed by atoms with Crippen molar-refractivity contribution in [1.29, 1.82) is 0 Å². The molecule has 3 aromatic rings. The highest BCUT2D eigenvalue weighted by Crippen LogP contribution is 2.21. The zero-order valence-electron chi connectivity index (χ0n) is 10.3. The second-order valence-electron chi connectivity index (χ2n) is 4.41. The van der Waals surface area contributed by atoms with Crippen molar-refractivity contribution in [3.8, 4) is 0 Å². The van der Waals surface area contributed by atoms with E-state index in [1.54, 1.807) is 6.20 Å². The van der Waals surface area contributed by atoms with Gasteiger partial charge >= 0.3 is 0 Å². The minimum atomic E-state index is 0.435. The number of thiocarbonyl (C=S) groups is 1. The monoisotopic (exact) mass is 267 g/mol. The molecule has 0 saturated heterocycles. The van der Waals surface area contributed by atoms with E-state index in [4.69, 9.17) is 18.0 Å². The molecule has 2 aromatic heterocycles. The third kappa shape index (κ3) is 2.22. The van der Waals surface area contributed by atoms with Crippen molar-refractivity contribution in [3.63, 3.8) is 0 Å². The Morgan fingerprint density at radius 1 is 1.21 bits per heavy atom. The van der Waals surface area contributed by atoms with Gasteiger partial charge in [-0.25, -0.2) is 0 Å². The molecular formula is C15H13N3S. The van der Waals surface area contributed by atoms with Crippen LogP contribution in [0.4, 0.5) is 0 Å². The lowest BCUT2D eigenvalue weighted by Gasteiger charge is -2.06. The third-order valence-electron chi connectivity index (χ3n) is 3.15. The maximum absolute atomic E-state index is 5.75. The van der Waals surface area contributed by atoms with Gasteiger partial charge < -0.3 is 10.3 Å². The molecule has 0 unspecified atom stereocenters. The molecule has 0 amide bonds. The predicted molar refractivity (Wildman–Crippen MR) is 81.2 cm³/mol. The quantitative estimate of drug-likeness (QED) is 0.742. The van der Waals surface area contributed by atoms with Gasteiger partial charge in [0, 0.05) is 41.6 Å². The normalized spacial score (nSPS) is 10.7. The van der Waals surface area contributed by atoms with E-state index in [-0.39, 0.29) is 0 Å². The van der Waals surface area contributed by atoms with Crippen LogP contribution in [0.25, 0.3) is 10.9 Å². The molecule has 0 atom stereocenters. The van der Waals surface area contributed by atoms with Gasteiger partial charge in [-0.2, -0.15) is 0 Å². The molecule has 3 nitrogen and oxygen atoms in total. The van der Waals surface area contributed by atoms with Crippen molar-refractivity contribution in [2.45, 2.75) is 6.54 Å². The molecule has 0 fully saturated rings. The number of nitrogens with zero attached hydrogens (tertiary/aromatic N) is 2. The van der Waals surface area contributed by atoms with Gasteiger partial charge in [-0.1, -0.05) is 30.4 Å². The number of fused-ring (bicyclic) bond motifs is 1. The van der Waals surface area contributed by atoms with Gasteiger partial charge in [0.1, 0.15) is 4.99 Å². The molecule has 2 heterocycles. The molecule has 94 valence electrons. The van der Waals surface area contributed by atoms with Crippen molar-refractivity contribution in [2.75, 3.05) is 0 Å². The van der Waals surface area contributed by atoms with E-state index in [0.29, 0.717) is 4.99 Å². The number of hydrogen-bond acceptors (Lipinski definition) is 2. The first kappa shape index (κ1) is 11.9. The Balaban J connectivity index is 2.07. The molecule has 0 aliphatic rings. The second kappa shape index (κ2) is 4.82. The Morgan fingerprint density at radius 2 is 2.11 bits per heavy atom. The van der Waals surface area contributed by atoms with Gasteiger partial charge in [-0.05, 0) is 23.8 Å². The second-order valence-corrected chi connectivity index (χ2v) is 4.85. The maximum atomic E-state index is 5.75. The highest BCUT2D eigenvalue weighted by Gasteiger charge is 2.07. The molecule has 0 spiro atoms. The Labute approximate surface area is 116 Å². The van der Waals surface area contributed by atoms with Crippen LogP contribution in [0.1, 0.15) is 11.1 Å². The van der Waals surface area contributed by atoms with E-state index >= 15 is 0 Å². The van der Waals surface area contributed by atoms with Crippen LogP contribution in [-0.2, 0) is 6.54 Å². The average molecular weight is 267 g/mol. The molecule has 1 aromatic carbocycles. The number of rotatable bonds is 3. The van der Waals surface area contributed by atoms with Crippen molar-refractivity contribution in [2.24, 2.45) is 5.73 Å². The zero-order valence-corrected chi connectivity index (χ0v) is 11.1. The summed E-state index contributed by atoms with van der Waals surface area (Å²) in [7, 11) is 0. The summed E-state index contributed by atoms with van der Waals surface area (Å²) in [5.41, 5.74) is 8.98. The van der Waals surface area contributed by atoms with Crippen LogP contribution < -0.4 is 5.73 Å². The summed E-state index contributed by atoms with van der Waals surface area (Å²) in [4.78, 5) is 4.57. The minimum Gasteiger partial charge on any atom is -0.389 e. The Hall–Kier alpha value is -2.20. The largest absolute Gasteiger partial charge is 0.389 e. The van der Waals surface area contributed by atoms with Gasteiger partial charge in [-0.15, -0.1) is 0 Å². The van der Waals surface area contributed by atoms with Crippen LogP contribution in [-0.4, -0.2) is 14.5 Å². The van der Waals surface area contributed by atoms with Crippen LogP contribution >= 0.6 is 12.2 Å². The summed E-state index contributed by atoms with van der Waals surface area (Å²) in [5, 5.41) is 1.10. The molecule has 19 heavy (non-hydrogen) atoms. The first-order valence-electron chi connectivity index (χ1n) is 6.02. The summed E-state index contributed by atoms with van der Waals surface area (Å²) in [5.74, 6) is 0. The minimum absolute atomic E-state index is 0.435. The Morgan fingerprint density at radius 3 is 2.84 bits per heavy atom. The van der Waals surface area contributed by atoms with Crippen LogP contribution in [0.3, 0.4) is 0 Å². The number of hydrogen-bond donors (Lipinski definition) is 1. The summed E-state index contributed by atoms with van der Waals surface area (Å²) in [6.07, 6.45) is 5.71. The first-order chi connectivity index (χ1) is 9.25. The molecule has 4 heteroatoms. The van der Waals surface area contributed by atoms with Crippen LogP contribution in [0.2, 0.25) is 0 Å². The fraction of sp³-hybridized carbons (Fsp3) is 0.0667. The highest BCUT2D eigenvalue weighted by molar-refractivity contribution is 7.80. The van der Waals surface area contributed by atoms with E-state index < -0.39 is 0 Å². The van der Waals surface area contributed by atoms with Gasteiger partial charge in [0.05, 0.1) is 0 Å². The SMILES string of the molecule is NC(=S)c1cccc2c1ccn2Cc1cccnc1. The molecule has 0 aliphatic carbocycles. The average Bonchev–Trinajstić information content (AvgIpc) is 2.83. The summed E-state index contributed by atoms with van der Waals surface area (Å²) >= 11 is 5.09. The highest BCUT2D eigenvalue weighted by atomic mass is 32.1. The van der Waals surface area contributed by atoms with Crippen LogP contribution in [0, 0.1) is 0 Å². The zero-order chi connectivity index (χ0) is 13.2. The standard InChI is InChI=1S/C15H13N3S/c16-15(19)13-4-1-5-14-12(13)6-8-18(14)10-11-3-2-7-17-9-11/h1-9H,10H2,(H2,16,19). The molecule has 0 saturated carbocycles. The predicted octanol–water partition coefficient (Wildman–Crippen LogP) is 2.72. The molecule has 0 radical (unpaired) electrons. The van der Waals surface area contributed by atoms with Gasteiger partial charge in [0.15, 0.2) is 0 Å². The molecule has 2 N–H and O–H groups in total. The molecule has 3 rings (SSSR count). The van der Waals surface area contributed by atoms with Crippen LogP contribution in [0.5, 0.6) is 0 Å². The van der Waals surface area contributed by atoms with Crippen molar-refractivity contribution >= 4 is 28.1 Å². The summed E-state index contributed by atoms with van der Waals surface area (Å²) in [6, 6.07) is 12.1. The van der Waals surface area contributed by atoms with Gasteiger partial charge in [-0.3, -0.25) is 4.98 Å². The third-order valence-corrected chi connectivity index (χ3v) is 3.37. The number of pyridine rings is 1. The summed E-state index contributed by atoms with van der Waals surface area (Å²) in [6.45, 7) is 0.790. The van der Waals surface area contributed by atoms with Gasteiger partial charge in [0.2, 0.25) is 0 Å². The molecule has 0 bridgehead atoms. The number of aromatic nitrogens is 2. The lowest BCUT2D eigenvalue weighted by molar-refractivity contribution is 0.831. The summed E-state index contributed by atoms with van der Waals surface area (Å²) < 4.78 is 2.17. The Bertz CT molecular complexity index is 731. The topological polar surface area (TPSA) is 43.8 Å². The Kier molecular flexibility index (Phi) is 3.01. The van der Waals surface area contributed by atoms with Crippen molar-refractivity contribution in [3.05, 3.63) is 66.1 Å². The number of nitrogens with two attached hydrogens (primary N) is 1. The van der Waals surface area contributed by atoms with E-state index in [0.717, 1.165) is 23.0 Å². The van der Waals surface area contributed by atoms with Gasteiger partial charge in [0.25, 0.3) is 0 Å². The van der Waals surface area contributed by atoms with E-state index in [1.165, 1.54) is 5.56 Å². The smallest absolute Gasteiger partial charge is 0.104 e. The van der Waals surface area contributed by atoms with Crippen LogP contribution in [0.15, 0.2) is 55.0 Å². The van der Waals surface area contributed by atoms with Crippen molar-refractivity contribution in [1.82, 2.24) is 9.55 Å². The molecule has 0 aliphatic heterocycles. The van der Waals surface area contributed by atoms with Crippen molar-refractivity contribution < 1.29 is 0 Å². The maximum Gasteiger partial charge on any atom is 0.104 e. The number of benzene rings is 1. The lowest BCUT2D eigenvalue weighted by Crippen LogP contribution is -2.09. The first-order valence-corrected chi connectivity index (χ1v) is 6.43. The van der Waals surface area contributed by atoms with E-state index in [9.17, 15) is 0 Å².